The number of carbonyl (C=O) groups is 1. The van der Waals surface area contributed by atoms with E-state index in [0.717, 1.165) is 11.1 Å². The zero-order valence-electron chi connectivity index (χ0n) is 11.6. The van der Waals surface area contributed by atoms with Crippen LogP contribution in [0, 0.1) is 17.7 Å². The molecule has 0 aliphatic rings. The number of hydrogen-bond donors (Lipinski definition) is 1. The standard InChI is InChI=1S/C18H16FNO/c19-17-10-4-8-16(14-17)11-12-18(21)20-13-5-9-15-6-2-1-3-7-15/h1-4,6-8,10,14H,11-13H2,(H,20,21). The van der Waals surface area contributed by atoms with Crippen LogP contribution in [0.3, 0.4) is 0 Å². The zero-order chi connectivity index (χ0) is 14.9. The third-order valence-electron chi connectivity index (χ3n) is 2.91. The molecule has 106 valence electrons. The van der Waals surface area contributed by atoms with Crippen molar-refractivity contribution in [2.45, 2.75) is 12.8 Å². The van der Waals surface area contributed by atoms with Gasteiger partial charge in [-0.1, -0.05) is 42.2 Å². The van der Waals surface area contributed by atoms with E-state index < -0.39 is 0 Å². The summed E-state index contributed by atoms with van der Waals surface area (Å²) in [7, 11) is 0. The van der Waals surface area contributed by atoms with Gasteiger partial charge in [-0.3, -0.25) is 4.79 Å². The number of hydrogen-bond acceptors (Lipinski definition) is 1. The fraction of sp³-hybridized carbons (Fsp3) is 0.167. The summed E-state index contributed by atoms with van der Waals surface area (Å²) in [5.74, 6) is 5.51. The highest BCUT2D eigenvalue weighted by molar-refractivity contribution is 5.76. The highest BCUT2D eigenvalue weighted by atomic mass is 19.1. The normalized spacial score (nSPS) is 9.57. The molecule has 21 heavy (non-hydrogen) atoms. The molecule has 3 heteroatoms. The van der Waals surface area contributed by atoms with Crippen molar-refractivity contribution in [1.29, 1.82) is 0 Å². The Morgan fingerprint density at radius 3 is 2.67 bits per heavy atom. The third-order valence-corrected chi connectivity index (χ3v) is 2.91. The molecule has 0 radical (unpaired) electrons. The van der Waals surface area contributed by atoms with Crippen LogP contribution in [-0.4, -0.2) is 12.5 Å². The Morgan fingerprint density at radius 1 is 1.10 bits per heavy atom. The molecule has 2 nitrogen and oxygen atoms in total. The van der Waals surface area contributed by atoms with Gasteiger partial charge >= 0.3 is 0 Å². The Bertz CT molecular complexity index is 656. The van der Waals surface area contributed by atoms with Gasteiger partial charge < -0.3 is 5.32 Å². The maximum Gasteiger partial charge on any atom is 0.221 e. The van der Waals surface area contributed by atoms with Crippen LogP contribution in [0.25, 0.3) is 0 Å². The fourth-order valence-corrected chi connectivity index (χ4v) is 1.85. The minimum Gasteiger partial charge on any atom is -0.345 e. The lowest BCUT2D eigenvalue weighted by Crippen LogP contribution is -2.23. The minimum absolute atomic E-state index is 0.0818. The molecule has 0 aromatic heterocycles. The largest absolute Gasteiger partial charge is 0.345 e. The van der Waals surface area contributed by atoms with Crippen LogP contribution in [0.15, 0.2) is 54.6 Å². The predicted molar refractivity (Wildman–Crippen MR) is 81.1 cm³/mol. The maximum atomic E-state index is 13.0. The molecule has 1 amide bonds. The molecule has 0 bridgehead atoms. The van der Waals surface area contributed by atoms with Gasteiger partial charge in [0.1, 0.15) is 5.82 Å². The van der Waals surface area contributed by atoms with Gasteiger partial charge in [-0.05, 0) is 36.2 Å². The van der Waals surface area contributed by atoms with Gasteiger partial charge in [0, 0.05) is 12.0 Å². The second-order valence-electron chi connectivity index (χ2n) is 4.57. The van der Waals surface area contributed by atoms with E-state index in [-0.39, 0.29) is 11.7 Å². The van der Waals surface area contributed by atoms with Crippen molar-refractivity contribution in [2.75, 3.05) is 6.54 Å². The van der Waals surface area contributed by atoms with E-state index in [2.05, 4.69) is 17.2 Å². The molecule has 0 unspecified atom stereocenters. The van der Waals surface area contributed by atoms with Gasteiger partial charge in [0.05, 0.1) is 6.54 Å². The number of benzene rings is 2. The van der Waals surface area contributed by atoms with Crippen LogP contribution in [0.1, 0.15) is 17.5 Å². The Kier molecular flexibility index (Phi) is 5.54. The number of rotatable bonds is 4. The molecule has 2 rings (SSSR count). The van der Waals surface area contributed by atoms with E-state index in [9.17, 15) is 9.18 Å². The number of halogens is 1. The summed E-state index contributed by atoms with van der Waals surface area (Å²) in [6, 6.07) is 15.9. The number of amides is 1. The lowest BCUT2D eigenvalue weighted by atomic mass is 10.1. The summed E-state index contributed by atoms with van der Waals surface area (Å²) in [5, 5.41) is 2.73. The molecule has 0 heterocycles. The van der Waals surface area contributed by atoms with Crippen LogP contribution >= 0.6 is 0 Å². The molecule has 0 fully saturated rings. The first kappa shape index (κ1) is 14.8. The van der Waals surface area contributed by atoms with Crippen LogP contribution in [0.4, 0.5) is 4.39 Å². The monoisotopic (exact) mass is 281 g/mol. The van der Waals surface area contributed by atoms with Gasteiger partial charge in [-0.25, -0.2) is 4.39 Å². The summed E-state index contributed by atoms with van der Waals surface area (Å²) >= 11 is 0. The average Bonchev–Trinajstić information content (AvgIpc) is 2.51. The number of carbonyl (C=O) groups excluding carboxylic acids is 1. The highest BCUT2D eigenvalue weighted by Crippen LogP contribution is 2.05. The highest BCUT2D eigenvalue weighted by Gasteiger charge is 2.01. The van der Waals surface area contributed by atoms with Crippen molar-refractivity contribution >= 4 is 5.91 Å². The first-order valence-corrected chi connectivity index (χ1v) is 6.79. The zero-order valence-corrected chi connectivity index (χ0v) is 11.6. The fourth-order valence-electron chi connectivity index (χ4n) is 1.85. The van der Waals surface area contributed by atoms with E-state index in [0.29, 0.717) is 19.4 Å². The molecule has 0 saturated heterocycles. The van der Waals surface area contributed by atoms with E-state index in [1.54, 1.807) is 6.07 Å². The molecule has 0 aliphatic heterocycles. The quantitative estimate of drug-likeness (QED) is 0.858. The van der Waals surface area contributed by atoms with Crippen LogP contribution < -0.4 is 5.32 Å². The van der Waals surface area contributed by atoms with E-state index in [1.807, 2.05) is 36.4 Å². The molecule has 2 aromatic rings. The average molecular weight is 281 g/mol. The summed E-state index contributed by atoms with van der Waals surface area (Å²) in [6.07, 6.45) is 0.853. The van der Waals surface area contributed by atoms with E-state index in [4.69, 9.17) is 0 Å². The Hall–Kier alpha value is -2.60. The van der Waals surface area contributed by atoms with Gasteiger partial charge in [-0.2, -0.15) is 0 Å². The first-order valence-electron chi connectivity index (χ1n) is 6.79. The van der Waals surface area contributed by atoms with Crippen molar-refractivity contribution in [1.82, 2.24) is 5.32 Å². The van der Waals surface area contributed by atoms with Gasteiger partial charge in [0.2, 0.25) is 5.91 Å². The van der Waals surface area contributed by atoms with E-state index >= 15 is 0 Å². The summed E-state index contributed by atoms with van der Waals surface area (Å²) in [4.78, 5) is 11.6. The molecule has 2 aromatic carbocycles. The molecule has 0 spiro atoms. The lowest BCUT2D eigenvalue weighted by Gasteiger charge is -2.02. The third kappa shape index (κ3) is 5.50. The van der Waals surface area contributed by atoms with Crippen molar-refractivity contribution in [3.63, 3.8) is 0 Å². The summed E-state index contributed by atoms with van der Waals surface area (Å²) in [6.45, 7) is 0.316. The number of aryl methyl sites for hydroxylation is 1. The second-order valence-corrected chi connectivity index (χ2v) is 4.57. The Balaban J connectivity index is 1.72. The molecular formula is C18H16FNO. The maximum absolute atomic E-state index is 13.0. The topological polar surface area (TPSA) is 29.1 Å². The molecular weight excluding hydrogens is 265 g/mol. The Labute approximate surface area is 124 Å². The first-order chi connectivity index (χ1) is 10.2. The van der Waals surface area contributed by atoms with Crippen LogP contribution in [-0.2, 0) is 11.2 Å². The minimum atomic E-state index is -0.276. The van der Waals surface area contributed by atoms with Crippen molar-refractivity contribution in [2.24, 2.45) is 0 Å². The van der Waals surface area contributed by atoms with Crippen molar-refractivity contribution in [3.05, 3.63) is 71.5 Å². The van der Waals surface area contributed by atoms with Crippen LogP contribution in [0.5, 0.6) is 0 Å². The predicted octanol–water partition coefficient (Wildman–Crippen LogP) is 2.93. The summed E-state index contributed by atoms with van der Waals surface area (Å²) < 4.78 is 13.0. The van der Waals surface area contributed by atoms with E-state index in [1.165, 1.54) is 12.1 Å². The lowest BCUT2D eigenvalue weighted by molar-refractivity contribution is -0.120. The molecule has 0 aliphatic carbocycles. The van der Waals surface area contributed by atoms with Crippen LogP contribution in [0.2, 0.25) is 0 Å². The number of nitrogens with one attached hydrogen (secondary N) is 1. The SMILES string of the molecule is O=C(CCc1cccc(F)c1)NCC#Cc1ccccc1. The molecule has 0 saturated carbocycles. The summed E-state index contributed by atoms with van der Waals surface area (Å²) in [5.41, 5.74) is 1.74. The van der Waals surface area contributed by atoms with Gasteiger partial charge in [0.25, 0.3) is 0 Å². The van der Waals surface area contributed by atoms with Crippen molar-refractivity contribution < 1.29 is 9.18 Å². The molecule has 1 N–H and O–H groups in total. The van der Waals surface area contributed by atoms with Crippen molar-refractivity contribution in [3.8, 4) is 11.8 Å². The Morgan fingerprint density at radius 2 is 1.90 bits per heavy atom. The van der Waals surface area contributed by atoms with Gasteiger partial charge in [0.15, 0.2) is 0 Å². The second kappa shape index (κ2) is 7.86. The molecule has 0 atom stereocenters. The smallest absolute Gasteiger partial charge is 0.221 e. The van der Waals surface area contributed by atoms with Gasteiger partial charge in [-0.15, -0.1) is 0 Å².